The molecular formula is C22H26N4O4. The van der Waals surface area contributed by atoms with Gasteiger partial charge in [0, 0.05) is 38.9 Å². The number of methoxy groups -OCH3 is 1. The molecular weight excluding hydrogens is 384 g/mol. The van der Waals surface area contributed by atoms with Crippen LogP contribution in [-0.2, 0) is 16.1 Å². The molecule has 1 saturated heterocycles. The van der Waals surface area contributed by atoms with E-state index in [4.69, 9.17) is 0 Å². The Kier molecular flexibility index (Phi) is 7.51. The van der Waals surface area contributed by atoms with Gasteiger partial charge in [0.2, 0.25) is 5.91 Å². The van der Waals surface area contributed by atoms with Gasteiger partial charge in [-0.1, -0.05) is 30.3 Å². The Labute approximate surface area is 175 Å². The summed E-state index contributed by atoms with van der Waals surface area (Å²) in [6, 6.07) is 12.8. The summed E-state index contributed by atoms with van der Waals surface area (Å²) < 4.78 is 4.64. The van der Waals surface area contributed by atoms with Crippen LogP contribution in [0.1, 0.15) is 32.8 Å². The third-order valence-electron chi connectivity index (χ3n) is 4.98. The van der Waals surface area contributed by atoms with Crippen molar-refractivity contribution in [2.75, 3.05) is 39.8 Å². The van der Waals surface area contributed by atoms with Crippen LogP contribution < -0.4 is 5.32 Å². The Bertz CT molecular complexity index is 870. The van der Waals surface area contributed by atoms with Gasteiger partial charge in [0.25, 0.3) is 5.91 Å². The Balaban J connectivity index is 1.48. The number of rotatable bonds is 6. The molecule has 0 bridgehead atoms. The van der Waals surface area contributed by atoms with Crippen LogP contribution in [0.15, 0.2) is 48.7 Å². The fourth-order valence-corrected chi connectivity index (χ4v) is 3.31. The van der Waals surface area contributed by atoms with E-state index in [0.717, 1.165) is 18.5 Å². The number of aromatic nitrogens is 1. The highest BCUT2D eigenvalue weighted by atomic mass is 16.5. The largest absolute Gasteiger partial charge is 0.465 e. The quantitative estimate of drug-likeness (QED) is 0.723. The van der Waals surface area contributed by atoms with E-state index >= 15 is 0 Å². The number of hydrogen-bond donors (Lipinski definition) is 1. The number of amides is 2. The van der Waals surface area contributed by atoms with E-state index in [1.54, 1.807) is 4.90 Å². The molecule has 0 aliphatic carbocycles. The van der Waals surface area contributed by atoms with Crippen LogP contribution in [0.2, 0.25) is 0 Å². The minimum absolute atomic E-state index is 0.0290. The van der Waals surface area contributed by atoms with Crippen molar-refractivity contribution in [3.63, 3.8) is 0 Å². The van der Waals surface area contributed by atoms with Crippen LogP contribution in [0, 0.1) is 0 Å². The smallest absolute Gasteiger partial charge is 0.339 e. The monoisotopic (exact) mass is 410 g/mol. The molecule has 8 nitrogen and oxygen atoms in total. The topological polar surface area (TPSA) is 91.8 Å². The lowest BCUT2D eigenvalue weighted by Crippen LogP contribution is -2.40. The lowest BCUT2D eigenvalue weighted by molar-refractivity contribution is -0.122. The highest BCUT2D eigenvalue weighted by Crippen LogP contribution is 2.09. The predicted octanol–water partition coefficient (Wildman–Crippen LogP) is 1.33. The van der Waals surface area contributed by atoms with Crippen molar-refractivity contribution in [1.29, 1.82) is 0 Å². The summed E-state index contributed by atoms with van der Waals surface area (Å²) in [7, 11) is 1.30. The molecule has 1 fully saturated rings. The summed E-state index contributed by atoms with van der Waals surface area (Å²) in [5.74, 6) is -0.696. The van der Waals surface area contributed by atoms with E-state index in [0.29, 0.717) is 38.3 Å². The maximum absolute atomic E-state index is 12.7. The molecule has 0 radical (unpaired) electrons. The van der Waals surface area contributed by atoms with Crippen molar-refractivity contribution in [2.24, 2.45) is 0 Å². The molecule has 2 amide bonds. The van der Waals surface area contributed by atoms with Crippen molar-refractivity contribution >= 4 is 17.8 Å². The number of nitrogens with zero attached hydrogens (tertiary/aromatic N) is 3. The number of benzene rings is 1. The first-order valence-corrected chi connectivity index (χ1v) is 9.93. The number of carbonyl (C=O) groups is 3. The molecule has 1 N–H and O–H groups in total. The van der Waals surface area contributed by atoms with E-state index in [1.807, 2.05) is 30.3 Å². The van der Waals surface area contributed by atoms with E-state index in [1.165, 1.54) is 25.4 Å². The highest BCUT2D eigenvalue weighted by molar-refractivity contribution is 5.94. The minimum Gasteiger partial charge on any atom is -0.465 e. The second kappa shape index (κ2) is 10.5. The lowest BCUT2D eigenvalue weighted by atomic mass is 10.2. The van der Waals surface area contributed by atoms with Gasteiger partial charge in [0.05, 0.1) is 19.2 Å². The van der Waals surface area contributed by atoms with Crippen LogP contribution in [0.5, 0.6) is 0 Å². The lowest BCUT2D eigenvalue weighted by Gasteiger charge is -2.21. The summed E-state index contributed by atoms with van der Waals surface area (Å²) in [5, 5.41) is 2.94. The first-order valence-electron chi connectivity index (χ1n) is 9.93. The number of ether oxygens (including phenoxy) is 1. The van der Waals surface area contributed by atoms with Gasteiger partial charge in [-0.25, -0.2) is 4.79 Å². The number of hydrogen-bond acceptors (Lipinski definition) is 6. The predicted molar refractivity (Wildman–Crippen MR) is 111 cm³/mol. The molecule has 1 aliphatic rings. The van der Waals surface area contributed by atoms with Gasteiger partial charge in [-0.15, -0.1) is 0 Å². The van der Waals surface area contributed by atoms with Gasteiger partial charge < -0.3 is 15.0 Å². The normalized spacial score (nSPS) is 14.6. The van der Waals surface area contributed by atoms with Gasteiger partial charge >= 0.3 is 5.97 Å². The Morgan fingerprint density at radius 1 is 1.03 bits per heavy atom. The van der Waals surface area contributed by atoms with E-state index in [2.05, 4.69) is 19.9 Å². The summed E-state index contributed by atoms with van der Waals surface area (Å²) in [6.07, 6.45) is 2.12. The zero-order chi connectivity index (χ0) is 21.3. The first-order chi connectivity index (χ1) is 14.6. The summed E-state index contributed by atoms with van der Waals surface area (Å²) in [5.41, 5.74) is 1.65. The van der Waals surface area contributed by atoms with Crippen molar-refractivity contribution in [2.45, 2.75) is 13.0 Å². The third-order valence-corrected chi connectivity index (χ3v) is 4.98. The molecule has 1 aromatic carbocycles. The summed E-state index contributed by atoms with van der Waals surface area (Å²) in [6.45, 7) is 3.29. The van der Waals surface area contributed by atoms with Gasteiger partial charge in [-0.05, 0) is 24.1 Å². The van der Waals surface area contributed by atoms with Crippen molar-refractivity contribution in [3.05, 3.63) is 65.5 Å². The molecule has 3 rings (SSSR count). The van der Waals surface area contributed by atoms with Crippen molar-refractivity contribution < 1.29 is 19.1 Å². The molecule has 8 heteroatoms. The standard InChI is InChI=1S/C22H26N4O4/c1-30-22(29)18-8-9-19(23-15-18)21(28)26-11-5-10-25(12-13-26)16-20(27)24-14-17-6-3-2-4-7-17/h2-4,6-9,15H,5,10-14,16H2,1H3,(H,24,27). The van der Waals surface area contributed by atoms with Crippen LogP contribution in [0.4, 0.5) is 0 Å². The molecule has 0 spiro atoms. The van der Waals surface area contributed by atoms with Crippen LogP contribution in [0.3, 0.4) is 0 Å². The number of esters is 1. The fourth-order valence-electron chi connectivity index (χ4n) is 3.31. The molecule has 158 valence electrons. The van der Waals surface area contributed by atoms with Crippen LogP contribution in [-0.4, -0.2) is 72.4 Å². The number of pyridine rings is 1. The maximum atomic E-state index is 12.7. The second-order valence-corrected chi connectivity index (χ2v) is 7.11. The van der Waals surface area contributed by atoms with E-state index in [-0.39, 0.29) is 17.5 Å². The van der Waals surface area contributed by atoms with Crippen molar-refractivity contribution in [1.82, 2.24) is 20.1 Å². The first kappa shape index (κ1) is 21.4. The molecule has 0 unspecified atom stereocenters. The number of carbonyl (C=O) groups excluding carboxylic acids is 3. The zero-order valence-corrected chi connectivity index (χ0v) is 17.0. The molecule has 0 atom stereocenters. The maximum Gasteiger partial charge on any atom is 0.339 e. The fraction of sp³-hybridized carbons (Fsp3) is 0.364. The van der Waals surface area contributed by atoms with E-state index < -0.39 is 5.97 Å². The van der Waals surface area contributed by atoms with Gasteiger partial charge in [0.15, 0.2) is 0 Å². The molecule has 1 aromatic heterocycles. The molecule has 2 aromatic rings. The van der Waals surface area contributed by atoms with Gasteiger partial charge in [0.1, 0.15) is 5.69 Å². The highest BCUT2D eigenvalue weighted by Gasteiger charge is 2.22. The summed E-state index contributed by atoms with van der Waals surface area (Å²) >= 11 is 0. The van der Waals surface area contributed by atoms with E-state index in [9.17, 15) is 14.4 Å². The average Bonchev–Trinajstić information content (AvgIpc) is 3.03. The van der Waals surface area contributed by atoms with Crippen LogP contribution in [0.25, 0.3) is 0 Å². The Morgan fingerprint density at radius 3 is 2.53 bits per heavy atom. The van der Waals surface area contributed by atoms with Crippen LogP contribution >= 0.6 is 0 Å². The Morgan fingerprint density at radius 2 is 1.83 bits per heavy atom. The molecule has 2 heterocycles. The van der Waals surface area contributed by atoms with Crippen molar-refractivity contribution in [3.8, 4) is 0 Å². The molecule has 30 heavy (non-hydrogen) atoms. The summed E-state index contributed by atoms with van der Waals surface area (Å²) in [4.78, 5) is 44.4. The zero-order valence-electron chi connectivity index (χ0n) is 17.0. The second-order valence-electron chi connectivity index (χ2n) is 7.11. The number of nitrogens with one attached hydrogen (secondary N) is 1. The van der Waals surface area contributed by atoms with Gasteiger partial charge in [-0.3, -0.25) is 19.5 Å². The molecule has 1 aliphatic heterocycles. The van der Waals surface area contributed by atoms with Gasteiger partial charge in [-0.2, -0.15) is 0 Å². The average molecular weight is 410 g/mol. The molecule has 0 saturated carbocycles. The SMILES string of the molecule is COC(=O)c1ccc(C(=O)N2CCCN(CC(=O)NCc3ccccc3)CC2)nc1. The Hall–Kier alpha value is -3.26. The third kappa shape index (κ3) is 5.87. The minimum atomic E-state index is -0.488.